The fourth-order valence-electron chi connectivity index (χ4n) is 2.24. The van der Waals surface area contributed by atoms with E-state index >= 15 is 0 Å². The van der Waals surface area contributed by atoms with Crippen LogP contribution in [0.5, 0.6) is 5.75 Å². The summed E-state index contributed by atoms with van der Waals surface area (Å²) in [7, 11) is 1.58. The Hall–Kier alpha value is -2.89. The Morgan fingerprint density at radius 1 is 1.08 bits per heavy atom. The van der Waals surface area contributed by atoms with Crippen LogP contribution >= 0.6 is 0 Å². The van der Waals surface area contributed by atoms with E-state index in [9.17, 15) is 9.59 Å². The SMILES string of the molecule is CCCCCNC(=O)c1cc(C(=O)Nc2ccc(OC)cc2)ccn1. The average molecular weight is 341 g/mol. The molecule has 2 N–H and O–H groups in total. The molecule has 6 nitrogen and oxygen atoms in total. The van der Waals surface area contributed by atoms with Crippen molar-refractivity contribution in [3.63, 3.8) is 0 Å². The highest BCUT2D eigenvalue weighted by molar-refractivity contribution is 6.05. The molecule has 2 rings (SSSR count). The molecule has 0 bridgehead atoms. The molecule has 1 heterocycles. The third-order valence-electron chi connectivity index (χ3n) is 3.67. The second-order valence-corrected chi connectivity index (χ2v) is 5.58. The number of aromatic nitrogens is 1. The van der Waals surface area contributed by atoms with E-state index in [4.69, 9.17) is 4.74 Å². The Kier molecular flexibility index (Phi) is 6.95. The van der Waals surface area contributed by atoms with Crippen LogP contribution in [0.1, 0.15) is 47.0 Å². The summed E-state index contributed by atoms with van der Waals surface area (Å²) in [4.78, 5) is 28.5. The molecule has 132 valence electrons. The zero-order valence-corrected chi connectivity index (χ0v) is 14.5. The van der Waals surface area contributed by atoms with Gasteiger partial charge in [-0.25, -0.2) is 0 Å². The number of methoxy groups -OCH3 is 1. The lowest BCUT2D eigenvalue weighted by molar-refractivity contribution is 0.0948. The molecule has 0 atom stereocenters. The van der Waals surface area contributed by atoms with E-state index in [0.29, 0.717) is 23.5 Å². The number of nitrogens with one attached hydrogen (secondary N) is 2. The van der Waals surface area contributed by atoms with Crippen molar-refractivity contribution in [2.45, 2.75) is 26.2 Å². The lowest BCUT2D eigenvalue weighted by atomic mass is 10.2. The fraction of sp³-hybridized carbons (Fsp3) is 0.316. The van der Waals surface area contributed by atoms with Crippen LogP contribution in [0.4, 0.5) is 5.69 Å². The lowest BCUT2D eigenvalue weighted by Gasteiger charge is -2.08. The zero-order valence-electron chi connectivity index (χ0n) is 14.5. The van der Waals surface area contributed by atoms with Gasteiger partial charge < -0.3 is 15.4 Å². The Morgan fingerprint density at radius 3 is 2.52 bits per heavy atom. The molecule has 0 aliphatic heterocycles. The van der Waals surface area contributed by atoms with Crippen molar-refractivity contribution < 1.29 is 14.3 Å². The van der Waals surface area contributed by atoms with Gasteiger partial charge in [0.05, 0.1) is 7.11 Å². The van der Waals surface area contributed by atoms with Crippen LogP contribution in [0.15, 0.2) is 42.6 Å². The minimum Gasteiger partial charge on any atom is -0.497 e. The van der Waals surface area contributed by atoms with Crippen molar-refractivity contribution in [3.05, 3.63) is 53.9 Å². The third-order valence-corrected chi connectivity index (χ3v) is 3.67. The van der Waals surface area contributed by atoms with Crippen LogP contribution in [0.3, 0.4) is 0 Å². The summed E-state index contributed by atoms with van der Waals surface area (Å²) in [6.45, 7) is 2.71. The van der Waals surface area contributed by atoms with Gasteiger partial charge in [0.15, 0.2) is 0 Å². The molecular weight excluding hydrogens is 318 g/mol. The van der Waals surface area contributed by atoms with Gasteiger partial charge in [-0.05, 0) is 42.8 Å². The minimum absolute atomic E-state index is 0.235. The number of rotatable bonds is 8. The number of unbranched alkanes of at least 4 members (excludes halogenated alkanes) is 2. The van der Waals surface area contributed by atoms with Gasteiger partial charge in [-0.2, -0.15) is 0 Å². The number of nitrogens with zero attached hydrogens (tertiary/aromatic N) is 1. The summed E-state index contributed by atoms with van der Waals surface area (Å²) in [6.07, 6.45) is 4.55. The summed E-state index contributed by atoms with van der Waals surface area (Å²) < 4.78 is 5.08. The second kappa shape index (κ2) is 9.42. The van der Waals surface area contributed by atoms with Crippen LogP contribution in [0.25, 0.3) is 0 Å². The standard InChI is InChI=1S/C19H23N3O3/c1-3-4-5-11-21-19(24)17-13-14(10-12-20-17)18(23)22-15-6-8-16(25-2)9-7-15/h6-10,12-13H,3-5,11H2,1-2H3,(H,21,24)(H,22,23). The molecular formula is C19H23N3O3. The number of benzene rings is 1. The van der Waals surface area contributed by atoms with Crippen LogP contribution in [-0.4, -0.2) is 30.5 Å². The van der Waals surface area contributed by atoms with Crippen molar-refractivity contribution >= 4 is 17.5 Å². The van der Waals surface area contributed by atoms with E-state index in [1.54, 1.807) is 37.4 Å². The van der Waals surface area contributed by atoms with Crippen molar-refractivity contribution in [1.82, 2.24) is 10.3 Å². The number of pyridine rings is 1. The molecule has 6 heteroatoms. The Bertz CT molecular complexity index is 714. The third kappa shape index (κ3) is 5.60. The summed E-state index contributed by atoms with van der Waals surface area (Å²) in [5.41, 5.74) is 1.26. The van der Waals surface area contributed by atoms with Crippen LogP contribution in [0.2, 0.25) is 0 Å². The predicted molar refractivity (Wildman–Crippen MR) is 97.0 cm³/mol. The number of carbonyl (C=O) groups excluding carboxylic acids is 2. The highest BCUT2D eigenvalue weighted by Gasteiger charge is 2.12. The molecule has 1 aromatic heterocycles. The molecule has 2 amide bonds. The smallest absolute Gasteiger partial charge is 0.269 e. The molecule has 0 fully saturated rings. The first-order valence-corrected chi connectivity index (χ1v) is 8.33. The Morgan fingerprint density at radius 2 is 1.84 bits per heavy atom. The highest BCUT2D eigenvalue weighted by Crippen LogP contribution is 2.16. The molecule has 2 aromatic rings. The molecule has 1 aromatic carbocycles. The van der Waals surface area contributed by atoms with Gasteiger partial charge in [0, 0.05) is 24.0 Å². The Balaban J connectivity index is 1.99. The molecule has 0 saturated carbocycles. The normalized spacial score (nSPS) is 10.2. The van der Waals surface area contributed by atoms with Crippen LogP contribution in [-0.2, 0) is 0 Å². The number of ether oxygens (including phenoxy) is 1. The Labute approximate surface area is 147 Å². The summed E-state index contributed by atoms with van der Waals surface area (Å²) in [6, 6.07) is 10.1. The number of carbonyl (C=O) groups is 2. The van der Waals surface area contributed by atoms with Crippen molar-refractivity contribution in [1.29, 1.82) is 0 Å². The quantitative estimate of drug-likeness (QED) is 0.722. The molecule has 0 spiro atoms. The van der Waals surface area contributed by atoms with Gasteiger partial charge in [-0.15, -0.1) is 0 Å². The molecule has 0 radical (unpaired) electrons. The van der Waals surface area contributed by atoms with Gasteiger partial charge in [0.2, 0.25) is 0 Å². The number of hydrogen-bond donors (Lipinski definition) is 2. The first-order chi connectivity index (χ1) is 12.1. The van der Waals surface area contributed by atoms with E-state index in [0.717, 1.165) is 19.3 Å². The highest BCUT2D eigenvalue weighted by atomic mass is 16.5. The number of anilines is 1. The van der Waals surface area contributed by atoms with Gasteiger partial charge in [0.25, 0.3) is 11.8 Å². The molecule has 0 saturated heterocycles. The summed E-state index contributed by atoms with van der Waals surface area (Å²) in [5.74, 6) is 0.145. The fourth-order valence-corrected chi connectivity index (χ4v) is 2.24. The first kappa shape index (κ1) is 18.4. The summed E-state index contributed by atoms with van der Waals surface area (Å²) >= 11 is 0. The van der Waals surface area contributed by atoms with Crippen LogP contribution < -0.4 is 15.4 Å². The van der Waals surface area contributed by atoms with Gasteiger partial charge >= 0.3 is 0 Å². The van der Waals surface area contributed by atoms with Crippen molar-refractivity contribution in [3.8, 4) is 5.75 Å². The maximum absolute atomic E-state index is 12.3. The maximum Gasteiger partial charge on any atom is 0.269 e. The van der Waals surface area contributed by atoms with E-state index in [2.05, 4.69) is 22.5 Å². The molecule has 0 aliphatic rings. The maximum atomic E-state index is 12.3. The van der Waals surface area contributed by atoms with Crippen LogP contribution in [0, 0.1) is 0 Å². The van der Waals surface area contributed by atoms with E-state index < -0.39 is 0 Å². The molecule has 0 unspecified atom stereocenters. The number of hydrogen-bond acceptors (Lipinski definition) is 4. The molecule has 0 aliphatic carbocycles. The monoisotopic (exact) mass is 341 g/mol. The topological polar surface area (TPSA) is 80.3 Å². The largest absolute Gasteiger partial charge is 0.497 e. The lowest BCUT2D eigenvalue weighted by Crippen LogP contribution is -2.25. The van der Waals surface area contributed by atoms with E-state index in [1.165, 1.54) is 12.3 Å². The summed E-state index contributed by atoms with van der Waals surface area (Å²) in [5, 5.41) is 5.60. The predicted octanol–water partition coefficient (Wildman–Crippen LogP) is 3.26. The van der Waals surface area contributed by atoms with Gasteiger partial charge in [-0.3, -0.25) is 14.6 Å². The zero-order chi connectivity index (χ0) is 18.1. The first-order valence-electron chi connectivity index (χ1n) is 8.33. The van der Waals surface area contributed by atoms with E-state index in [1.807, 2.05) is 0 Å². The van der Waals surface area contributed by atoms with Gasteiger partial charge in [0.1, 0.15) is 11.4 Å². The van der Waals surface area contributed by atoms with Crippen molar-refractivity contribution in [2.75, 3.05) is 19.0 Å². The average Bonchev–Trinajstić information content (AvgIpc) is 2.65. The van der Waals surface area contributed by atoms with Crippen molar-refractivity contribution in [2.24, 2.45) is 0 Å². The van der Waals surface area contributed by atoms with E-state index in [-0.39, 0.29) is 17.5 Å². The molecule has 25 heavy (non-hydrogen) atoms. The second-order valence-electron chi connectivity index (χ2n) is 5.58. The number of amides is 2. The van der Waals surface area contributed by atoms with Gasteiger partial charge in [-0.1, -0.05) is 19.8 Å². The minimum atomic E-state index is -0.299.